The van der Waals surface area contributed by atoms with Gasteiger partial charge in [0.1, 0.15) is 11.5 Å². The summed E-state index contributed by atoms with van der Waals surface area (Å²) in [6, 6.07) is 14.2. The predicted octanol–water partition coefficient (Wildman–Crippen LogP) is 4.09. The highest BCUT2D eigenvalue weighted by molar-refractivity contribution is 5.80. The van der Waals surface area contributed by atoms with Gasteiger partial charge in [-0.05, 0) is 74.3 Å². The van der Waals surface area contributed by atoms with Gasteiger partial charge < -0.3 is 14.8 Å². The third-order valence-corrected chi connectivity index (χ3v) is 5.14. The molecule has 1 aliphatic carbocycles. The number of methoxy groups -OCH3 is 1. The number of carbonyl (C=O) groups is 1. The van der Waals surface area contributed by atoms with Gasteiger partial charge >= 0.3 is 0 Å². The number of ether oxygens (including phenoxy) is 2. The topological polar surface area (TPSA) is 47.6 Å². The van der Waals surface area contributed by atoms with Crippen molar-refractivity contribution < 1.29 is 14.3 Å². The lowest BCUT2D eigenvalue weighted by atomic mass is 9.91. The molecule has 0 saturated carbocycles. The second-order valence-corrected chi connectivity index (χ2v) is 7.07. The fourth-order valence-electron chi connectivity index (χ4n) is 3.64. The highest BCUT2D eigenvalue weighted by atomic mass is 16.5. The number of hydrogen-bond donors (Lipinski definition) is 1. The van der Waals surface area contributed by atoms with Crippen molar-refractivity contribution in [2.24, 2.45) is 0 Å². The Morgan fingerprint density at radius 2 is 1.85 bits per heavy atom. The Hall–Kier alpha value is -2.49. The fraction of sp³-hybridized carbons (Fsp3) is 0.435. The summed E-state index contributed by atoms with van der Waals surface area (Å²) >= 11 is 0. The van der Waals surface area contributed by atoms with Gasteiger partial charge in [-0.3, -0.25) is 4.79 Å². The number of aryl methyl sites for hydroxylation is 2. The Morgan fingerprint density at radius 1 is 1.07 bits per heavy atom. The molecule has 2 aromatic carbocycles. The minimum Gasteiger partial charge on any atom is -0.496 e. The Morgan fingerprint density at radius 3 is 2.70 bits per heavy atom. The SMILES string of the molecule is COc1ccccc1CCCNC(=O)[C@H](C)Oc1cccc2c1CCCC2. The van der Waals surface area contributed by atoms with E-state index in [1.54, 1.807) is 7.11 Å². The van der Waals surface area contributed by atoms with Gasteiger partial charge in [-0.25, -0.2) is 0 Å². The molecule has 0 radical (unpaired) electrons. The molecule has 4 nitrogen and oxygen atoms in total. The van der Waals surface area contributed by atoms with E-state index in [0.717, 1.165) is 42.7 Å². The van der Waals surface area contributed by atoms with Crippen molar-refractivity contribution >= 4 is 5.91 Å². The summed E-state index contributed by atoms with van der Waals surface area (Å²) in [7, 11) is 1.68. The van der Waals surface area contributed by atoms with Crippen LogP contribution in [0.3, 0.4) is 0 Å². The van der Waals surface area contributed by atoms with E-state index in [1.807, 2.05) is 37.3 Å². The van der Waals surface area contributed by atoms with Crippen LogP contribution in [-0.4, -0.2) is 25.7 Å². The first-order valence-electron chi connectivity index (χ1n) is 9.86. The van der Waals surface area contributed by atoms with E-state index in [-0.39, 0.29) is 5.91 Å². The van der Waals surface area contributed by atoms with Crippen LogP contribution in [0.15, 0.2) is 42.5 Å². The maximum atomic E-state index is 12.4. The van der Waals surface area contributed by atoms with Crippen LogP contribution in [-0.2, 0) is 24.1 Å². The van der Waals surface area contributed by atoms with Crippen LogP contribution >= 0.6 is 0 Å². The van der Waals surface area contributed by atoms with E-state index in [4.69, 9.17) is 9.47 Å². The summed E-state index contributed by atoms with van der Waals surface area (Å²) in [5, 5.41) is 2.99. The Labute approximate surface area is 161 Å². The molecule has 1 N–H and O–H groups in total. The Kier molecular flexibility index (Phi) is 6.74. The lowest BCUT2D eigenvalue weighted by molar-refractivity contribution is -0.127. The van der Waals surface area contributed by atoms with E-state index in [0.29, 0.717) is 6.54 Å². The normalized spacial score (nSPS) is 14.1. The second-order valence-electron chi connectivity index (χ2n) is 7.07. The fourth-order valence-corrected chi connectivity index (χ4v) is 3.64. The van der Waals surface area contributed by atoms with Gasteiger partial charge in [0.15, 0.2) is 6.10 Å². The summed E-state index contributed by atoms with van der Waals surface area (Å²) < 4.78 is 11.4. The monoisotopic (exact) mass is 367 g/mol. The zero-order valence-electron chi connectivity index (χ0n) is 16.3. The van der Waals surface area contributed by atoms with Gasteiger partial charge in [-0.15, -0.1) is 0 Å². The van der Waals surface area contributed by atoms with Gasteiger partial charge in [-0.2, -0.15) is 0 Å². The molecule has 0 saturated heterocycles. The standard InChI is InChI=1S/C23H29NO3/c1-17(27-22-15-7-11-18-9-3-5-13-20(18)22)23(25)24-16-8-12-19-10-4-6-14-21(19)26-2/h4,6-7,10-11,14-15,17H,3,5,8-9,12-13,16H2,1-2H3,(H,24,25)/t17-/m0/s1. The first-order valence-corrected chi connectivity index (χ1v) is 9.86. The molecule has 1 amide bonds. The second kappa shape index (κ2) is 9.45. The molecule has 3 rings (SSSR count). The summed E-state index contributed by atoms with van der Waals surface area (Å²) in [6.07, 6.45) is 5.81. The minimum atomic E-state index is -0.496. The molecule has 27 heavy (non-hydrogen) atoms. The number of carbonyl (C=O) groups excluding carboxylic acids is 1. The number of rotatable bonds is 8. The van der Waals surface area contributed by atoms with Crippen LogP contribution in [0, 0.1) is 0 Å². The zero-order chi connectivity index (χ0) is 19.1. The first-order chi connectivity index (χ1) is 13.2. The number of fused-ring (bicyclic) bond motifs is 1. The highest BCUT2D eigenvalue weighted by Crippen LogP contribution is 2.30. The average molecular weight is 367 g/mol. The Bertz CT molecular complexity index is 772. The third-order valence-electron chi connectivity index (χ3n) is 5.14. The lowest BCUT2D eigenvalue weighted by Crippen LogP contribution is -2.37. The molecule has 0 aromatic heterocycles. The maximum absolute atomic E-state index is 12.4. The van der Waals surface area contributed by atoms with Crippen molar-refractivity contribution in [3.8, 4) is 11.5 Å². The van der Waals surface area contributed by atoms with Crippen molar-refractivity contribution in [3.05, 3.63) is 59.2 Å². The molecule has 0 heterocycles. The first kappa shape index (κ1) is 19.3. The number of nitrogens with one attached hydrogen (secondary N) is 1. The number of amides is 1. The lowest BCUT2D eigenvalue weighted by Gasteiger charge is -2.22. The van der Waals surface area contributed by atoms with Crippen molar-refractivity contribution in [1.29, 1.82) is 0 Å². The smallest absolute Gasteiger partial charge is 0.260 e. The molecule has 1 aliphatic rings. The Balaban J connectivity index is 1.47. The van der Waals surface area contributed by atoms with Crippen molar-refractivity contribution in [1.82, 2.24) is 5.32 Å². The van der Waals surface area contributed by atoms with Crippen LogP contribution in [0.5, 0.6) is 11.5 Å². The molecule has 0 aliphatic heterocycles. The molecule has 144 valence electrons. The molecular formula is C23H29NO3. The predicted molar refractivity (Wildman–Crippen MR) is 107 cm³/mol. The summed E-state index contributed by atoms with van der Waals surface area (Å²) in [4.78, 5) is 12.4. The van der Waals surface area contributed by atoms with Crippen molar-refractivity contribution in [3.63, 3.8) is 0 Å². The maximum Gasteiger partial charge on any atom is 0.260 e. The molecule has 0 unspecified atom stereocenters. The average Bonchev–Trinajstić information content (AvgIpc) is 2.71. The van der Waals surface area contributed by atoms with Crippen LogP contribution in [0.1, 0.15) is 42.9 Å². The molecule has 1 atom stereocenters. The van der Waals surface area contributed by atoms with E-state index in [2.05, 4.69) is 17.4 Å². The molecule has 0 bridgehead atoms. The van der Waals surface area contributed by atoms with E-state index < -0.39 is 6.10 Å². The molecule has 0 fully saturated rings. The van der Waals surface area contributed by atoms with Gasteiger partial charge in [0.05, 0.1) is 7.11 Å². The summed E-state index contributed by atoms with van der Waals surface area (Å²) in [5.74, 6) is 1.70. The third kappa shape index (κ3) is 5.03. The van der Waals surface area contributed by atoms with E-state index >= 15 is 0 Å². The van der Waals surface area contributed by atoms with E-state index in [1.165, 1.54) is 24.0 Å². The largest absolute Gasteiger partial charge is 0.496 e. The van der Waals surface area contributed by atoms with Crippen molar-refractivity contribution in [2.75, 3.05) is 13.7 Å². The number of hydrogen-bond acceptors (Lipinski definition) is 3. The minimum absolute atomic E-state index is 0.0663. The van der Waals surface area contributed by atoms with E-state index in [9.17, 15) is 4.79 Å². The van der Waals surface area contributed by atoms with Gasteiger partial charge in [-0.1, -0.05) is 30.3 Å². The van der Waals surface area contributed by atoms with Gasteiger partial charge in [0.2, 0.25) is 0 Å². The van der Waals surface area contributed by atoms with Crippen LogP contribution in [0.25, 0.3) is 0 Å². The molecule has 2 aromatic rings. The van der Waals surface area contributed by atoms with Crippen LogP contribution < -0.4 is 14.8 Å². The summed E-state index contributed by atoms with van der Waals surface area (Å²) in [5.41, 5.74) is 3.80. The van der Waals surface area contributed by atoms with Crippen LogP contribution in [0.4, 0.5) is 0 Å². The molecular weight excluding hydrogens is 338 g/mol. The van der Waals surface area contributed by atoms with Crippen LogP contribution in [0.2, 0.25) is 0 Å². The molecule has 4 heteroatoms. The van der Waals surface area contributed by atoms with Gasteiger partial charge in [0, 0.05) is 6.54 Å². The van der Waals surface area contributed by atoms with Gasteiger partial charge in [0.25, 0.3) is 5.91 Å². The summed E-state index contributed by atoms with van der Waals surface area (Å²) in [6.45, 7) is 2.44. The molecule has 0 spiro atoms. The van der Waals surface area contributed by atoms with Crippen molar-refractivity contribution in [2.45, 2.75) is 51.6 Å². The number of para-hydroxylation sites is 1. The number of benzene rings is 2. The zero-order valence-corrected chi connectivity index (χ0v) is 16.3. The highest BCUT2D eigenvalue weighted by Gasteiger charge is 2.19. The quantitative estimate of drug-likeness (QED) is 0.715.